The van der Waals surface area contributed by atoms with Crippen molar-refractivity contribution < 1.29 is 85.7 Å². The third-order valence-electron chi connectivity index (χ3n) is 12.2. The molecule has 1 amide bonds. The monoisotopic (exact) mass is 1080 g/mol. The maximum atomic E-state index is 13.7. The number of ketones is 1. The predicted octanol–water partition coefficient (Wildman–Crippen LogP) is 6.45. The topological polar surface area (TPSA) is 253 Å². The summed E-state index contributed by atoms with van der Waals surface area (Å²) < 4.78 is 55.4. The van der Waals surface area contributed by atoms with Crippen LogP contribution in [0, 0.1) is 11.8 Å². The second-order valence-electron chi connectivity index (χ2n) is 19.9. The highest BCUT2D eigenvalue weighted by Gasteiger charge is 2.33. The van der Waals surface area contributed by atoms with E-state index >= 15 is 0 Å². The third kappa shape index (κ3) is 18.6. The summed E-state index contributed by atoms with van der Waals surface area (Å²) in [6.07, 6.45) is 0.723. The lowest BCUT2D eigenvalue weighted by Crippen LogP contribution is -2.38. The molecule has 0 aliphatic carbocycles. The molecule has 2 N–H and O–H groups in total. The molecule has 4 aromatic carbocycles. The molecule has 20 nitrogen and oxygen atoms in total. The van der Waals surface area contributed by atoms with Crippen LogP contribution in [0.5, 0.6) is 34.5 Å². The first-order valence-electron chi connectivity index (χ1n) is 25.8. The number of hydrogen-bond donors (Lipinski definition) is 2. The van der Waals surface area contributed by atoms with Gasteiger partial charge in [-0.2, -0.15) is 0 Å². The quantitative estimate of drug-likeness (QED) is 0.0268. The van der Waals surface area contributed by atoms with Gasteiger partial charge in [0.2, 0.25) is 17.5 Å². The molecule has 4 unspecified atom stereocenters. The largest absolute Gasteiger partial charge is 0.462 e. The number of fused-ring (bicyclic) bond motifs is 2. The van der Waals surface area contributed by atoms with E-state index in [4.69, 9.17) is 47.4 Å². The van der Waals surface area contributed by atoms with E-state index < -0.39 is 83.0 Å². The fourth-order valence-corrected chi connectivity index (χ4v) is 8.35. The second kappa shape index (κ2) is 27.4. The van der Waals surface area contributed by atoms with Crippen LogP contribution >= 0.6 is 0 Å². The summed E-state index contributed by atoms with van der Waals surface area (Å²) in [4.78, 5) is 102. The molecule has 418 valence electrons. The molecule has 0 saturated carbocycles. The van der Waals surface area contributed by atoms with Crippen LogP contribution in [0.4, 0.5) is 0 Å². The standard InChI is InChI=1S/C58H68N2O18/c1-35(53(65)69-25-26-70-54(66)36(2)60-37(3)61)29-43(62)34-42(30-38-9-17-44(18-10-38)73-51(63)23-15-40-13-21-47-49(32-40)77-57(4,5)75-47)55(67)71-27-28-72-56(68)46(59-8)31-39-11-19-45(20-12-39)74-52(64)24-16-41-14-22-48-50(33-41)78-58(6,7)76-48/h9-14,17-22,32-33,35-36,42,46,59H,15-16,23-31,34H2,1-8H3,(H,60,61). The number of amides is 1. The summed E-state index contributed by atoms with van der Waals surface area (Å²) in [6, 6.07) is 22.5. The lowest BCUT2D eigenvalue weighted by molar-refractivity contribution is -0.157. The highest BCUT2D eigenvalue weighted by molar-refractivity contribution is 5.88. The smallest absolute Gasteiger partial charge is 0.328 e. The Hall–Kier alpha value is -8.00. The summed E-state index contributed by atoms with van der Waals surface area (Å²) in [5.41, 5.74) is 3.13. The van der Waals surface area contributed by atoms with Crippen molar-refractivity contribution in [1.82, 2.24) is 10.6 Å². The minimum atomic E-state index is -1.03. The van der Waals surface area contributed by atoms with E-state index in [0.717, 1.165) is 16.7 Å². The molecule has 0 fully saturated rings. The molecule has 20 heteroatoms. The Kier molecular flexibility index (Phi) is 20.8. The van der Waals surface area contributed by atoms with Gasteiger partial charge < -0.3 is 58.0 Å². The van der Waals surface area contributed by atoms with Crippen LogP contribution in [0.3, 0.4) is 0 Å². The van der Waals surface area contributed by atoms with E-state index in [1.54, 1.807) is 75.5 Å². The number of likely N-dealkylation sites (N-methyl/N-ethyl adjacent to an activating group) is 1. The predicted molar refractivity (Wildman–Crippen MR) is 279 cm³/mol. The fourth-order valence-electron chi connectivity index (χ4n) is 8.35. The van der Waals surface area contributed by atoms with Gasteiger partial charge in [-0.15, -0.1) is 0 Å². The second-order valence-corrected chi connectivity index (χ2v) is 19.9. The van der Waals surface area contributed by atoms with Gasteiger partial charge in [-0.1, -0.05) is 43.3 Å². The van der Waals surface area contributed by atoms with Crippen molar-refractivity contribution in [3.63, 3.8) is 0 Å². The van der Waals surface area contributed by atoms with Crippen molar-refractivity contribution in [2.24, 2.45) is 11.8 Å². The minimum Gasteiger partial charge on any atom is -0.462 e. The molecule has 0 saturated heterocycles. The van der Waals surface area contributed by atoms with Gasteiger partial charge >= 0.3 is 35.8 Å². The van der Waals surface area contributed by atoms with E-state index in [9.17, 15) is 38.4 Å². The summed E-state index contributed by atoms with van der Waals surface area (Å²) >= 11 is 0. The molecular formula is C58H68N2O18. The zero-order valence-electron chi connectivity index (χ0n) is 45.2. The Labute approximate surface area is 453 Å². The summed E-state index contributed by atoms with van der Waals surface area (Å²) in [5.74, 6) is -4.91. The van der Waals surface area contributed by atoms with Crippen LogP contribution in [0.2, 0.25) is 0 Å². The van der Waals surface area contributed by atoms with Crippen molar-refractivity contribution in [3.05, 3.63) is 107 Å². The first-order valence-corrected chi connectivity index (χ1v) is 25.8. The maximum absolute atomic E-state index is 13.7. The number of benzene rings is 4. The number of carbonyl (C=O) groups is 8. The number of rotatable bonds is 28. The Morgan fingerprint density at radius 2 is 0.936 bits per heavy atom. The lowest BCUT2D eigenvalue weighted by Gasteiger charge is -2.18. The number of ether oxygens (including phenoxy) is 10. The Morgan fingerprint density at radius 3 is 1.41 bits per heavy atom. The molecule has 2 aliphatic rings. The van der Waals surface area contributed by atoms with Gasteiger partial charge in [0.15, 0.2) is 23.0 Å². The number of hydrogen-bond acceptors (Lipinski definition) is 19. The summed E-state index contributed by atoms with van der Waals surface area (Å²) in [6.45, 7) is 10.3. The van der Waals surface area contributed by atoms with Gasteiger partial charge in [-0.05, 0) is 110 Å². The van der Waals surface area contributed by atoms with Crippen molar-refractivity contribution in [2.45, 2.75) is 123 Å². The molecular weight excluding hydrogens is 1010 g/mol. The van der Waals surface area contributed by atoms with Gasteiger partial charge in [0, 0.05) is 60.3 Å². The van der Waals surface area contributed by atoms with E-state index in [1.165, 1.54) is 20.8 Å². The zero-order valence-corrected chi connectivity index (χ0v) is 45.2. The van der Waals surface area contributed by atoms with Gasteiger partial charge in [0.05, 0.1) is 11.8 Å². The molecule has 0 radical (unpaired) electrons. The molecule has 6 rings (SSSR count). The Bertz CT molecular complexity index is 2790. The van der Waals surface area contributed by atoms with Crippen LogP contribution < -0.4 is 39.1 Å². The average Bonchev–Trinajstić information content (AvgIpc) is 4.00. The van der Waals surface area contributed by atoms with Gasteiger partial charge in [-0.3, -0.25) is 33.6 Å². The van der Waals surface area contributed by atoms with E-state index in [0.29, 0.717) is 47.2 Å². The maximum Gasteiger partial charge on any atom is 0.328 e. The van der Waals surface area contributed by atoms with Crippen LogP contribution in [-0.2, 0) is 83.0 Å². The molecule has 0 aromatic heterocycles. The SMILES string of the molecule is CNC(Cc1ccc(OC(=O)CCc2ccc3c(c2)OC(C)(C)O3)cc1)C(=O)OCCOC(=O)C(CC(=O)CC(C)C(=O)OCCOC(=O)C(C)NC(C)=O)Cc1ccc(OC(=O)CCc2ccc3c(c2)OC(C)(C)O3)cc1. The highest BCUT2D eigenvalue weighted by Crippen LogP contribution is 2.41. The molecule has 4 atom stereocenters. The molecule has 0 bridgehead atoms. The molecule has 4 aromatic rings. The normalized spacial score (nSPS) is 14.9. The van der Waals surface area contributed by atoms with Gasteiger partial charge in [-0.25, -0.2) is 4.79 Å². The summed E-state index contributed by atoms with van der Waals surface area (Å²) in [7, 11) is 1.60. The van der Waals surface area contributed by atoms with Crippen molar-refractivity contribution in [1.29, 1.82) is 0 Å². The number of Topliss-reactive ketones (excluding diaryl/α,β-unsaturated/α-hetero) is 1. The zero-order chi connectivity index (χ0) is 56.6. The van der Waals surface area contributed by atoms with E-state index in [1.807, 2.05) is 44.2 Å². The van der Waals surface area contributed by atoms with Crippen LogP contribution in [0.25, 0.3) is 0 Å². The summed E-state index contributed by atoms with van der Waals surface area (Å²) in [5, 5.41) is 5.32. The molecule has 2 aliphatic heterocycles. The third-order valence-corrected chi connectivity index (χ3v) is 12.2. The molecule has 2 heterocycles. The Morgan fingerprint density at radius 1 is 0.513 bits per heavy atom. The molecule has 0 spiro atoms. The van der Waals surface area contributed by atoms with Crippen molar-refractivity contribution in [3.8, 4) is 34.5 Å². The van der Waals surface area contributed by atoms with E-state index in [-0.39, 0.29) is 70.7 Å². The first kappa shape index (κ1) is 59.2. The van der Waals surface area contributed by atoms with Crippen LogP contribution in [0.15, 0.2) is 84.9 Å². The Balaban J connectivity index is 0.970. The average molecular weight is 1080 g/mol. The number of aryl methyl sites for hydroxylation is 2. The van der Waals surface area contributed by atoms with Crippen LogP contribution in [0.1, 0.15) is 96.4 Å². The fraction of sp³-hybridized carbons (Fsp3) is 0.448. The van der Waals surface area contributed by atoms with E-state index in [2.05, 4.69) is 10.6 Å². The number of nitrogens with one attached hydrogen (secondary N) is 2. The number of carbonyl (C=O) groups excluding carboxylic acids is 8. The lowest BCUT2D eigenvalue weighted by atomic mass is 9.91. The van der Waals surface area contributed by atoms with Gasteiger partial charge in [0.25, 0.3) is 0 Å². The first-order chi connectivity index (χ1) is 37.0. The van der Waals surface area contributed by atoms with Crippen molar-refractivity contribution in [2.75, 3.05) is 33.5 Å². The highest BCUT2D eigenvalue weighted by atomic mass is 16.7. The van der Waals surface area contributed by atoms with Crippen molar-refractivity contribution >= 4 is 47.5 Å². The van der Waals surface area contributed by atoms with Crippen LogP contribution in [-0.4, -0.2) is 105 Å². The minimum absolute atomic E-state index is 0.0281. The molecule has 78 heavy (non-hydrogen) atoms. The van der Waals surface area contributed by atoms with Gasteiger partial charge in [0.1, 0.15) is 55.8 Å². The number of esters is 6.